The molecule has 5 nitrogen and oxygen atoms in total. The van der Waals surface area contributed by atoms with E-state index in [0.717, 1.165) is 36.5 Å². The number of ether oxygens (including phenoxy) is 1. The first-order valence-electron chi connectivity index (χ1n) is 8.47. The highest BCUT2D eigenvalue weighted by Gasteiger charge is 2.30. The van der Waals surface area contributed by atoms with Crippen LogP contribution in [0.5, 0.6) is 0 Å². The fraction of sp³-hybridized carbons (Fsp3) is 0.556. The van der Waals surface area contributed by atoms with Crippen LogP contribution in [0.4, 0.5) is 4.79 Å². The van der Waals surface area contributed by atoms with Crippen molar-refractivity contribution in [1.29, 1.82) is 0 Å². The Morgan fingerprint density at radius 3 is 2.96 bits per heavy atom. The van der Waals surface area contributed by atoms with Crippen molar-refractivity contribution in [3.05, 3.63) is 29.3 Å². The van der Waals surface area contributed by atoms with E-state index in [1.54, 1.807) is 11.3 Å². The molecule has 0 aliphatic carbocycles. The Morgan fingerprint density at radius 1 is 1.42 bits per heavy atom. The SMILES string of the molecule is CC(C)(C)OC(=O)N1CCNCC1CCc1nc2ccccc2s1. The van der Waals surface area contributed by atoms with Crippen LogP contribution in [0.1, 0.15) is 32.2 Å². The summed E-state index contributed by atoms with van der Waals surface area (Å²) in [6.07, 6.45) is 1.56. The molecule has 1 aromatic carbocycles. The predicted molar refractivity (Wildman–Crippen MR) is 97.5 cm³/mol. The second-order valence-corrected chi connectivity index (χ2v) is 8.26. The van der Waals surface area contributed by atoms with Crippen molar-refractivity contribution in [3.8, 4) is 0 Å². The van der Waals surface area contributed by atoms with Gasteiger partial charge >= 0.3 is 6.09 Å². The molecule has 1 aromatic heterocycles. The van der Waals surface area contributed by atoms with Crippen LogP contribution in [0.3, 0.4) is 0 Å². The van der Waals surface area contributed by atoms with E-state index in [0.29, 0.717) is 6.54 Å². The third-order valence-electron chi connectivity index (χ3n) is 4.01. The summed E-state index contributed by atoms with van der Waals surface area (Å²) in [5.74, 6) is 0. The van der Waals surface area contributed by atoms with Crippen LogP contribution in [0, 0.1) is 0 Å². The van der Waals surface area contributed by atoms with E-state index in [1.807, 2.05) is 43.9 Å². The third-order valence-corrected chi connectivity index (χ3v) is 5.10. The maximum atomic E-state index is 12.4. The van der Waals surface area contributed by atoms with Crippen LogP contribution in [-0.4, -0.2) is 47.3 Å². The number of benzene rings is 1. The van der Waals surface area contributed by atoms with Crippen molar-refractivity contribution in [3.63, 3.8) is 0 Å². The Hall–Kier alpha value is -1.66. The minimum atomic E-state index is -0.459. The van der Waals surface area contributed by atoms with E-state index in [9.17, 15) is 4.79 Å². The molecule has 0 bridgehead atoms. The number of thiazole rings is 1. The summed E-state index contributed by atoms with van der Waals surface area (Å²) in [5, 5.41) is 4.51. The number of piperazine rings is 1. The Balaban J connectivity index is 1.64. The number of fused-ring (bicyclic) bond motifs is 1. The molecule has 24 heavy (non-hydrogen) atoms. The molecular weight excluding hydrogens is 322 g/mol. The molecule has 1 atom stereocenters. The molecule has 6 heteroatoms. The van der Waals surface area contributed by atoms with E-state index >= 15 is 0 Å². The molecule has 1 aliphatic heterocycles. The molecule has 1 fully saturated rings. The number of para-hydroxylation sites is 1. The number of aromatic nitrogens is 1. The van der Waals surface area contributed by atoms with Crippen molar-refractivity contribution in [2.24, 2.45) is 0 Å². The summed E-state index contributed by atoms with van der Waals surface area (Å²) in [6, 6.07) is 8.36. The molecule has 1 amide bonds. The van der Waals surface area contributed by atoms with Crippen LogP contribution in [-0.2, 0) is 11.2 Å². The van der Waals surface area contributed by atoms with Gasteiger partial charge in [-0.05, 0) is 39.3 Å². The van der Waals surface area contributed by atoms with Crippen LogP contribution < -0.4 is 5.32 Å². The fourth-order valence-corrected chi connectivity index (χ4v) is 3.88. The zero-order valence-corrected chi connectivity index (χ0v) is 15.4. The molecule has 1 saturated heterocycles. The molecular formula is C18H25N3O2S. The summed E-state index contributed by atoms with van der Waals surface area (Å²) >= 11 is 1.74. The first-order valence-corrected chi connectivity index (χ1v) is 9.29. The van der Waals surface area contributed by atoms with Gasteiger partial charge in [0.05, 0.1) is 15.2 Å². The van der Waals surface area contributed by atoms with Crippen LogP contribution in [0.2, 0.25) is 0 Å². The number of carbonyl (C=O) groups is 1. The van der Waals surface area contributed by atoms with E-state index in [4.69, 9.17) is 4.74 Å². The molecule has 0 radical (unpaired) electrons. The largest absolute Gasteiger partial charge is 0.444 e. The van der Waals surface area contributed by atoms with Crippen LogP contribution in [0.15, 0.2) is 24.3 Å². The highest BCUT2D eigenvalue weighted by molar-refractivity contribution is 7.18. The van der Waals surface area contributed by atoms with E-state index < -0.39 is 5.60 Å². The second-order valence-electron chi connectivity index (χ2n) is 7.15. The standard InChI is InChI=1S/C18H25N3O2S/c1-18(2,3)23-17(22)21-11-10-19-12-13(21)8-9-16-20-14-6-4-5-7-15(14)24-16/h4-7,13,19H,8-12H2,1-3H3. The van der Waals surface area contributed by atoms with Crippen LogP contribution in [0.25, 0.3) is 10.2 Å². The number of amides is 1. The van der Waals surface area contributed by atoms with Gasteiger partial charge in [-0.3, -0.25) is 0 Å². The molecule has 1 N–H and O–H groups in total. The summed E-state index contributed by atoms with van der Waals surface area (Å²) in [7, 11) is 0. The lowest BCUT2D eigenvalue weighted by Crippen LogP contribution is -2.54. The normalized spacial score (nSPS) is 18.8. The average Bonchev–Trinajstić information content (AvgIpc) is 2.94. The van der Waals surface area contributed by atoms with Crippen molar-refractivity contribution in [1.82, 2.24) is 15.2 Å². The molecule has 2 heterocycles. The number of carbonyl (C=O) groups excluding carboxylic acids is 1. The maximum Gasteiger partial charge on any atom is 0.410 e. The van der Waals surface area contributed by atoms with Crippen molar-refractivity contribution < 1.29 is 9.53 Å². The van der Waals surface area contributed by atoms with Gasteiger partial charge in [-0.1, -0.05) is 12.1 Å². The Morgan fingerprint density at radius 2 is 2.21 bits per heavy atom. The molecule has 2 aromatic rings. The molecule has 0 saturated carbocycles. The number of nitrogens with zero attached hydrogens (tertiary/aromatic N) is 2. The molecule has 130 valence electrons. The second kappa shape index (κ2) is 7.07. The Kier molecular flexibility index (Phi) is 5.06. The fourth-order valence-electron chi connectivity index (χ4n) is 2.90. The van der Waals surface area contributed by atoms with Crippen molar-refractivity contribution in [2.75, 3.05) is 19.6 Å². The van der Waals surface area contributed by atoms with Gasteiger partial charge in [0.25, 0.3) is 0 Å². The quantitative estimate of drug-likeness (QED) is 0.924. The monoisotopic (exact) mass is 347 g/mol. The summed E-state index contributed by atoms with van der Waals surface area (Å²) in [5.41, 5.74) is 0.600. The Bertz CT molecular complexity index is 675. The zero-order valence-electron chi connectivity index (χ0n) is 14.5. The number of nitrogens with one attached hydrogen (secondary N) is 1. The number of hydrogen-bond acceptors (Lipinski definition) is 5. The molecule has 1 unspecified atom stereocenters. The van der Waals surface area contributed by atoms with Gasteiger partial charge in [-0.2, -0.15) is 0 Å². The van der Waals surface area contributed by atoms with Gasteiger partial charge in [-0.15, -0.1) is 11.3 Å². The lowest BCUT2D eigenvalue weighted by molar-refractivity contribution is 0.0112. The van der Waals surface area contributed by atoms with Crippen molar-refractivity contribution >= 4 is 27.6 Å². The minimum Gasteiger partial charge on any atom is -0.444 e. The lowest BCUT2D eigenvalue weighted by Gasteiger charge is -2.37. The van der Waals surface area contributed by atoms with E-state index in [-0.39, 0.29) is 12.1 Å². The molecule has 3 rings (SSSR count). The first-order chi connectivity index (χ1) is 11.4. The summed E-state index contributed by atoms with van der Waals surface area (Å²) in [6.45, 7) is 8.04. The summed E-state index contributed by atoms with van der Waals surface area (Å²) < 4.78 is 6.77. The maximum absolute atomic E-state index is 12.4. The smallest absolute Gasteiger partial charge is 0.410 e. The zero-order chi connectivity index (χ0) is 17.2. The highest BCUT2D eigenvalue weighted by atomic mass is 32.1. The summed E-state index contributed by atoms with van der Waals surface area (Å²) in [4.78, 5) is 19.0. The predicted octanol–water partition coefficient (Wildman–Crippen LogP) is 3.44. The van der Waals surface area contributed by atoms with Gasteiger partial charge in [0.15, 0.2) is 0 Å². The van der Waals surface area contributed by atoms with Gasteiger partial charge in [0.2, 0.25) is 0 Å². The van der Waals surface area contributed by atoms with E-state index in [1.165, 1.54) is 4.70 Å². The first kappa shape index (κ1) is 17.2. The van der Waals surface area contributed by atoms with Gasteiger partial charge < -0.3 is 15.0 Å². The van der Waals surface area contributed by atoms with E-state index in [2.05, 4.69) is 16.4 Å². The number of aryl methyl sites for hydroxylation is 1. The van der Waals surface area contributed by atoms with Crippen LogP contribution >= 0.6 is 11.3 Å². The average molecular weight is 347 g/mol. The Labute approximate surface area is 147 Å². The highest BCUT2D eigenvalue weighted by Crippen LogP contribution is 2.24. The lowest BCUT2D eigenvalue weighted by atomic mass is 10.1. The third kappa shape index (κ3) is 4.24. The molecule has 0 spiro atoms. The van der Waals surface area contributed by atoms with Gasteiger partial charge in [0.1, 0.15) is 5.60 Å². The number of rotatable bonds is 3. The van der Waals surface area contributed by atoms with Crippen molar-refractivity contribution in [2.45, 2.75) is 45.3 Å². The van der Waals surface area contributed by atoms with Gasteiger partial charge in [-0.25, -0.2) is 9.78 Å². The molecule has 1 aliphatic rings. The minimum absolute atomic E-state index is 0.153. The van der Waals surface area contributed by atoms with Gasteiger partial charge in [0, 0.05) is 32.1 Å². The number of hydrogen-bond donors (Lipinski definition) is 1. The topological polar surface area (TPSA) is 54.5 Å².